The number of ether oxygens (including phenoxy) is 1. The van der Waals surface area contributed by atoms with Gasteiger partial charge in [-0.05, 0) is 58.9 Å². The van der Waals surface area contributed by atoms with Crippen molar-refractivity contribution in [2.75, 3.05) is 12.4 Å². The van der Waals surface area contributed by atoms with Crippen molar-refractivity contribution in [3.63, 3.8) is 0 Å². The fourth-order valence-corrected chi connectivity index (χ4v) is 3.89. The normalized spacial score (nSPS) is 19.1. The lowest BCUT2D eigenvalue weighted by atomic mass is 9.80. The van der Waals surface area contributed by atoms with Crippen molar-refractivity contribution in [1.82, 2.24) is 5.32 Å². The zero-order valence-electron chi connectivity index (χ0n) is 16.2. The second kappa shape index (κ2) is 7.68. The Hall–Kier alpha value is -3.58. The third-order valence-corrected chi connectivity index (χ3v) is 5.43. The Kier molecular flexibility index (Phi) is 5.05. The molecule has 1 aliphatic carbocycles. The summed E-state index contributed by atoms with van der Waals surface area (Å²) in [6, 6.07) is 10.7. The molecule has 0 amide bonds. The molecule has 30 heavy (non-hydrogen) atoms. The molecule has 6 nitrogen and oxygen atoms in total. The van der Waals surface area contributed by atoms with E-state index in [1.54, 1.807) is 37.4 Å². The molecule has 4 rings (SSSR count). The molecule has 2 atom stereocenters. The minimum absolute atomic E-state index is 0.114. The van der Waals surface area contributed by atoms with Crippen LogP contribution in [0.25, 0.3) is 12.2 Å². The van der Waals surface area contributed by atoms with Gasteiger partial charge < -0.3 is 25.6 Å². The fraction of sp³-hybridized carbons (Fsp3) is 0.130. The fourth-order valence-electron chi connectivity index (χ4n) is 3.77. The van der Waals surface area contributed by atoms with Crippen LogP contribution in [0.4, 0.5) is 5.69 Å². The molecular formula is C23H20N2O4S. The number of aliphatic hydroxyl groups is 1. The number of aromatic carboxylic acids is 1. The molecule has 7 heteroatoms. The van der Waals surface area contributed by atoms with Crippen molar-refractivity contribution in [3.05, 3.63) is 81.9 Å². The van der Waals surface area contributed by atoms with Crippen molar-refractivity contribution in [3.8, 4) is 5.75 Å². The standard InChI is InChI=1S/C23H20N2O4S/c1-12-3-6-16-19(9-12)29-20-11-14(26)5-8-17(20)21(16)15-7-4-13(25-23(30)24-2)10-18(15)22(27)28/h3-11,17,20,26H,1H2,2H3,(H,27,28)(H2,24,25,30). The lowest BCUT2D eigenvalue weighted by Crippen LogP contribution is -2.37. The highest BCUT2D eigenvalue weighted by Gasteiger charge is 2.33. The van der Waals surface area contributed by atoms with Crippen LogP contribution in [0, 0.1) is 5.92 Å². The first kappa shape index (κ1) is 19.7. The lowest BCUT2D eigenvalue weighted by Gasteiger charge is -2.33. The van der Waals surface area contributed by atoms with Gasteiger partial charge in [0.25, 0.3) is 0 Å². The number of aliphatic hydroxyl groups excluding tert-OH is 1. The van der Waals surface area contributed by atoms with Crippen molar-refractivity contribution < 1.29 is 19.7 Å². The van der Waals surface area contributed by atoms with Crippen LogP contribution in [-0.4, -0.2) is 34.4 Å². The monoisotopic (exact) mass is 420 g/mol. The molecule has 2 unspecified atom stereocenters. The number of hydrogen-bond acceptors (Lipinski definition) is 4. The smallest absolute Gasteiger partial charge is 0.336 e. The lowest BCUT2D eigenvalue weighted by molar-refractivity contribution is 0.0696. The van der Waals surface area contributed by atoms with Gasteiger partial charge >= 0.3 is 5.97 Å². The van der Waals surface area contributed by atoms with E-state index in [1.807, 2.05) is 24.3 Å². The Bertz CT molecular complexity index is 1230. The van der Waals surface area contributed by atoms with Crippen LogP contribution in [-0.2, 0) is 0 Å². The number of carboxylic acid groups (broad SMARTS) is 1. The third-order valence-electron chi connectivity index (χ3n) is 5.12. The van der Waals surface area contributed by atoms with Gasteiger partial charge in [-0.3, -0.25) is 0 Å². The van der Waals surface area contributed by atoms with Crippen LogP contribution in [0.15, 0.2) is 60.4 Å². The van der Waals surface area contributed by atoms with Crippen molar-refractivity contribution in [2.45, 2.75) is 6.10 Å². The summed E-state index contributed by atoms with van der Waals surface area (Å²) >= 11 is 5.12. The molecule has 0 saturated heterocycles. The first-order chi connectivity index (χ1) is 14.4. The van der Waals surface area contributed by atoms with E-state index in [2.05, 4.69) is 17.2 Å². The zero-order chi connectivity index (χ0) is 21.4. The average molecular weight is 420 g/mol. The van der Waals surface area contributed by atoms with Gasteiger partial charge in [-0.1, -0.05) is 30.9 Å². The van der Waals surface area contributed by atoms with Crippen LogP contribution >= 0.6 is 12.2 Å². The molecule has 2 aliphatic rings. The molecule has 4 N–H and O–H groups in total. The van der Waals surface area contributed by atoms with Gasteiger partial charge in [0.15, 0.2) is 5.11 Å². The second-order valence-electron chi connectivity index (χ2n) is 7.07. The van der Waals surface area contributed by atoms with Gasteiger partial charge in [-0.15, -0.1) is 0 Å². The molecule has 0 bridgehead atoms. The van der Waals surface area contributed by atoms with Gasteiger partial charge in [0.1, 0.15) is 17.6 Å². The molecule has 2 aromatic carbocycles. The number of fused-ring (bicyclic) bond motifs is 2. The summed E-state index contributed by atoms with van der Waals surface area (Å²) in [7, 11) is 1.69. The Morgan fingerprint density at radius 3 is 2.77 bits per heavy atom. The Labute approximate surface area is 178 Å². The molecule has 1 aliphatic heterocycles. The largest absolute Gasteiger partial charge is 0.508 e. The molecule has 0 saturated carbocycles. The summed E-state index contributed by atoms with van der Waals surface area (Å²) in [4.78, 5) is 12.1. The maximum atomic E-state index is 12.1. The minimum atomic E-state index is -1.05. The quantitative estimate of drug-likeness (QED) is 0.567. The molecule has 2 aromatic rings. The average Bonchev–Trinajstić information content (AvgIpc) is 2.71. The molecule has 0 radical (unpaired) electrons. The van der Waals surface area contributed by atoms with Crippen molar-refractivity contribution >= 4 is 41.1 Å². The van der Waals surface area contributed by atoms with Gasteiger partial charge in [-0.2, -0.15) is 0 Å². The van der Waals surface area contributed by atoms with Crippen LogP contribution < -0.4 is 25.8 Å². The SMILES string of the molecule is C=c1ccc2c(c1)OC1C=C(O)C=CC1C=2c1ccc(NC(=S)NC)cc1C(=O)O. The van der Waals surface area contributed by atoms with Gasteiger partial charge in [0, 0.05) is 23.9 Å². The minimum Gasteiger partial charge on any atom is -0.508 e. The topological polar surface area (TPSA) is 90.8 Å². The highest BCUT2D eigenvalue weighted by molar-refractivity contribution is 7.80. The number of hydrogen-bond donors (Lipinski definition) is 4. The molecular weight excluding hydrogens is 400 g/mol. The number of carbonyl (C=O) groups is 1. The van der Waals surface area contributed by atoms with Crippen LogP contribution in [0.3, 0.4) is 0 Å². The Morgan fingerprint density at radius 2 is 2.03 bits per heavy atom. The number of thiocarbonyl (C=S) groups is 1. The van der Waals surface area contributed by atoms with E-state index in [-0.39, 0.29) is 17.2 Å². The number of benzene rings is 2. The van der Waals surface area contributed by atoms with E-state index in [9.17, 15) is 15.0 Å². The van der Waals surface area contributed by atoms with Crippen molar-refractivity contribution in [2.24, 2.45) is 5.92 Å². The summed E-state index contributed by atoms with van der Waals surface area (Å²) in [5, 5.41) is 27.6. The first-order valence-corrected chi connectivity index (χ1v) is 9.73. The predicted octanol–water partition coefficient (Wildman–Crippen LogP) is 2.30. The van der Waals surface area contributed by atoms with Crippen molar-refractivity contribution in [1.29, 1.82) is 0 Å². The Balaban J connectivity index is 1.96. The highest BCUT2D eigenvalue weighted by Crippen LogP contribution is 2.36. The number of allylic oxidation sites excluding steroid dienone is 1. The maximum Gasteiger partial charge on any atom is 0.336 e. The molecule has 0 aromatic heterocycles. The van der Waals surface area contributed by atoms with E-state index in [1.165, 1.54) is 0 Å². The second-order valence-corrected chi connectivity index (χ2v) is 7.48. The maximum absolute atomic E-state index is 12.1. The van der Waals surface area contributed by atoms with Gasteiger partial charge in [0.05, 0.1) is 5.56 Å². The summed E-state index contributed by atoms with van der Waals surface area (Å²) in [6.07, 6.45) is 4.62. The zero-order valence-corrected chi connectivity index (χ0v) is 17.0. The van der Waals surface area contributed by atoms with E-state index >= 15 is 0 Å². The summed E-state index contributed by atoms with van der Waals surface area (Å²) in [6.45, 7) is 3.95. The van der Waals surface area contributed by atoms with E-state index in [0.29, 0.717) is 22.1 Å². The third kappa shape index (κ3) is 3.55. The highest BCUT2D eigenvalue weighted by atomic mass is 32.1. The first-order valence-electron chi connectivity index (χ1n) is 9.32. The summed E-state index contributed by atoms with van der Waals surface area (Å²) in [5.74, 6) is -0.580. The van der Waals surface area contributed by atoms with Crippen LogP contribution in [0.5, 0.6) is 5.75 Å². The number of nitrogens with one attached hydrogen (secondary N) is 2. The van der Waals surface area contributed by atoms with Gasteiger partial charge in [-0.25, -0.2) is 4.79 Å². The summed E-state index contributed by atoms with van der Waals surface area (Å²) in [5.41, 5.74) is 2.12. The number of rotatable bonds is 3. The van der Waals surface area contributed by atoms with Crippen LogP contribution in [0.2, 0.25) is 0 Å². The van der Waals surface area contributed by atoms with Gasteiger partial charge in [0.2, 0.25) is 0 Å². The number of anilines is 1. The summed E-state index contributed by atoms with van der Waals surface area (Å²) < 4.78 is 6.10. The molecule has 1 heterocycles. The van der Waals surface area contributed by atoms with Crippen LogP contribution in [0.1, 0.15) is 15.9 Å². The molecule has 152 valence electrons. The predicted molar refractivity (Wildman–Crippen MR) is 120 cm³/mol. The number of carboxylic acids is 1. The van der Waals surface area contributed by atoms with E-state index in [0.717, 1.165) is 16.0 Å². The molecule has 0 spiro atoms. The van der Waals surface area contributed by atoms with E-state index in [4.69, 9.17) is 17.0 Å². The van der Waals surface area contributed by atoms with E-state index < -0.39 is 12.1 Å². The molecule has 0 fully saturated rings. The Morgan fingerprint density at radius 1 is 1.23 bits per heavy atom.